The number of nitrogens with zero attached hydrogens (tertiary/aromatic N) is 6. The molecule has 4 heterocycles. The van der Waals surface area contributed by atoms with E-state index in [0.29, 0.717) is 35.5 Å². The molecule has 0 amide bonds. The Labute approximate surface area is 226 Å². The zero-order chi connectivity index (χ0) is 28.8. The van der Waals surface area contributed by atoms with E-state index in [2.05, 4.69) is 15.0 Å². The van der Waals surface area contributed by atoms with Crippen LogP contribution in [0.5, 0.6) is 5.75 Å². The summed E-state index contributed by atoms with van der Waals surface area (Å²) in [6.07, 6.45) is -1.61. The Morgan fingerprint density at radius 1 is 1.12 bits per heavy atom. The van der Waals surface area contributed by atoms with Crippen LogP contribution in [0.4, 0.5) is 29.1 Å². The summed E-state index contributed by atoms with van der Waals surface area (Å²) in [4.78, 5) is 19.1. The number of aromatic nitrogens is 5. The number of piperidine rings is 1. The zero-order valence-electron chi connectivity index (χ0n) is 21.7. The third kappa shape index (κ3) is 4.77. The smallest absolute Gasteiger partial charge is 0.265 e. The Morgan fingerprint density at radius 2 is 1.90 bits per heavy atom. The minimum atomic E-state index is -3.01. The number of hydrogen-bond acceptors (Lipinski definition) is 9. The molecule has 4 aromatic rings. The zero-order valence-corrected chi connectivity index (χ0v) is 21.7. The van der Waals surface area contributed by atoms with Gasteiger partial charge in [-0.15, -0.1) is 0 Å². The van der Waals surface area contributed by atoms with Crippen LogP contribution in [0.15, 0.2) is 36.9 Å². The molecule has 1 fully saturated rings. The summed E-state index contributed by atoms with van der Waals surface area (Å²) in [5.41, 5.74) is 12.4. The summed E-state index contributed by atoms with van der Waals surface area (Å²) in [6.45, 7) is 2.17. The lowest BCUT2D eigenvalue weighted by atomic mass is 9.84. The third-order valence-electron chi connectivity index (χ3n) is 7.34. The van der Waals surface area contributed by atoms with Gasteiger partial charge in [-0.2, -0.15) is 0 Å². The lowest BCUT2D eigenvalue weighted by Gasteiger charge is -2.44. The van der Waals surface area contributed by atoms with E-state index in [9.17, 15) is 18.3 Å². The van der Waals surface area contributed by atoms with Gasteiger partial charge in [0.2, 0.25) is 0 Å². The molecule has 0 saturated carbocycles. The monoisotopic (exact) mass is 560 g/mol. The molecule has 40 heavy (non-hydrogen) atoms. The molecule has 10 nitrogen and oxygen atoms in total. The summed E-state index contributed by atoms with van der Waals surface area (Å²) < 4.78 is 63.1. The minimum absolute atomic E-state index is 0.0788. The lowest BCUT2D eigenvalue weighted by Crippen LogP contribution is -2.63. The van der Waals surface area contributed by atoms with Crippen molar-refractivity contribution in [1.29, 1.82) is 0 Å². The van der Waals surface area contributed by atoms with Gasteiger partial charge in [-0.25, -0.2) is 37.5 Å². The summed E-state index contributed by atoms with van der Waals surface area (Å²) >= 11 is 0. The summed E-state index contributed by atoms with van der Waals surface area (Å²) in [6, 6.07) is 4.51. The van der Waals surface area contributed by atoms with E-state index in [1.165, 1.54) is 25.8 Å². The van der Waals surface area contributed by atoms with Crippen molar-refractivity contribution in [2.24, 2.45) is 5.73 Å². The highest BCUT2D eigenvalue weighted by molar-refractivity contribution is 5.81. The number of hydrogen-bond donors (Lipinski definition) is 3. The highest BCUT2D eigenvalue weighted by atomic mass is 19.3. The summed E-state index contributed by atoms with van der Waals surface area (Å²) in [5, 5.41) is 10.2. The molecule has 5 N–H and O–H groups in total. The summed E-state index contributed by atoms with van der Waals surface area (Å²) in [5.74, 6) is -1.58. The molecule has 1 saturated heterocycles. The first-order valence-corrected chi connectivity index (χ1v) is 12.5. The molecule has 0 aliphatic carbocycles. The lowest BCUT2D eigenvalue weighted by molar-refractivity contribution is -0.0529. The maximum Gasteiger partial charge on any atom is 0.265 e. The van der Waals surface area contributed by atoms with Crippen LogP contribution < -0.4 is 21.1 Å². The fraction of sp³-hybridized carbons (Fsp3) is 0.385. The van der Waals surface area contributed by atoms with E-state index in [1.807, 2.05) is 0 Å². The van der Waals surface area contributed by atoms with Gasteiger partial charge in [-0.3, -0.25) is 0 Å². The molecule has 0 bridgehead atoms. The van der Waals surface area contributed by atoms with Crippen LogP contribution in [0.3, 0.4) is 0 Å². The number of pyridine rings is 1. The second kappa shape index (κ2) is 10.5. The fourth-order valence-corrected chi connectivity index (χ4v) is 5.17. The van der Waals surface area contributed by atoms with Gasteiger partial charge >= 0.3 is 0 Å². The van der Waals surface area contributed by atoms with Crippen LogP contribution in [0.2, 0.25) is 0 Å². The molecule has 1 aliphatic heterocycles. The number of aliphatic hydroxyl groups is 1. The molecule has 0 unspecified atom stereocenters. The van der Waals surface area contributed by atoms with E-state index in [-0.39, 0.29) is 35.8 Å². The molecule has 5 rings (SSSR count). The van der Waals surface area contributed by atoms with Gasteiger partial charge in [0.15, 0.2) is 23.0 Å². The van der Waals surface area contributed by atoms with Crippen molar-refractivity contribution < 1.29 is 27.4 Å². The normalized spacial score (nSPS) is 19.3. The highest BCUT2D eigenvalue weighted by Gasteiger charge is 2.43. The number of alkyl halides is 2. The Kier molecular flexibility index (Phi) is 7.23. The Bertz CT molecular complexity index is 1550. The van der Waals surface area contributed by atoms with Crippen LogP contribution in [-0.2, 0) is 0 Å². The first-order valence-electron chi connectivity index (χ1n) is 12.5. The van der Waals surface area contributed by atoms with Crippen molar-refractivity contribution >= 4 is 22.7 Å². The number of imidazole rings is 1. The number of anilines is 2. The Balaban J connectivity index is 1.64. The van der Waals surface area contributed by atoms with Crippen LogP contribution in [0.1, 0.15) is 31.5 Å². The summed E-state index contributed by atoms with van der Waals surface area (Å²) in [7, 11) is 1.23. The van der Waals surface area contributed by atoms with Crippen molar-refractivity contribution in [3.05, 3.63) is 54.2 Å². The van der Waals surface area contributed by atoms with Crippen molar-refractivity contribution in [3.8, 4) is 17.0 Å². The SMILES string of the molecule is COc1cc(F)c(-c2ccc(N3CCC[C@](N)([C@H](O)C(F)F)C3)c([C@H](C)n3cnc4c(N)ncnc43)n2)cc1F. The number of nitrogens with two attached hydrogens (primary N) is 2. The number of nitrogen functional groups attached to an aromatic ring is 1. The first kappa shape index (κ1) is 27.5. The molecule has 3 atom stereocenters. The molecule has 0 spiro atoms. The molecule has 14 heteroatoms. The predicted molar refractivity (Wildman–Crippen MR) is 140 cm³/mol. The number of benzene rings is 1. The van der Waals surface area contributed by atoms with Gasteiger partial charge in [0, 0.05) is 24.7 Å². The predicted octanol–water partition coefficient (Wildman–Crippen LogP) is 3.29. The number of methoxy groups -OCH3 is 1. The van der Waals surface area contributed by atoms with Crippen LogP contribution in [0.25, 0.3) is 22.4 Å². The molecular formula is C26H28F4N8O2. The maximum absolute atomic E-state index is 15.0. The van der Waals surface area contributed by atoms with Crippen molar-refractivity contribution in [2.75, 3.05) is 30.8 Å². The van der Waals surface area contributed by atoms with Crippen LogP contribution in [0, 0.1) is 11.6 Å². The second-order valence-corrected chi connectivity index (χ2v) is 9.86. The minimum Gasteiger partial charge on any atom is -0.494 e. The Morgan fingerprint density at radius 3 is 2.62 bits per heavy atom. The van der Waals surface area contributed by atoms with Gasteiger partial charge in [0.25, 0.3) is 6.43 Å². The van der Waals surface area contributed by atoms with Gasteiger partial charge in [-0.05, 0) is 38.0 Å². The van der Waals surface area contributed by atoms with E-state index in [4.69, 9.17) is 21.2 Å². The molecule has 1 aliphatic rings. The maximum atomic E-state index is 15.0. The Hall–Kier alpha value is -4.04. The van der Waals surface area contributed by atoms with Gasteiger partial charge in [0.1, 0.15) is 23.8 Å². The van der Waals surface area contributed by atoms with Crippen molar-refractivity contribution in [2.45, 2.75) is 43.9 Å². The molecule has 0 radical (unpaired) electrons. The molecule has 1 aromatic carbocycles. The van der Waals surface area contributed by atoms with Gasteiger partial charge in [-0.1, -0.05) is 0 Å². The highest BCUT2D eigenvalue weighted by Crippen LogP contribution is 2.37. The van der Waals surface area contributed by atoms with Gasteiger partial charge in [0.05, 0.1) is 42.1 Å². The quantitative estimate of drug-likeness (QED) is 0.290. The second-order valence-electron chi connectivity index (χ2n) is 9.86. The van der Waals surface area contributed by atoms with Crippen LogP contribution in [-0.4, -0.2) is 67.9 Å². The largest absolute Gasteiger partial charge is 0.494 e. The number of ether oxygens (including phenoxy) is 1. The molecule has 3 aromatic heterocycles. The van der Waals surface area contributed by atoms with E-state index < -0.39 is 35.7 Å². The number of fused-ring (bicyclic) bond motifs is 1. The number of rotatable bonds is 7. The average molecular weight is 561 g/mol. The third-order valence-corrected chi connectivity index (χ3v) is 7.34. The topological polar surface area (TPSA) is 141 Å². The standard InChI is InChI=1S/C26H28F4N8O2/c1-13(38-12-35-21-24(31)33-11-34-25(21)38)20-18(37-7-3-6-26(32,10-37)22(39)23(29)30)5-4-17(36-20)14-8-16(28)19(40-2)9-15(14)27/h4-5,8-9,11-13,22-23,39H,3,6-7,10,32H2,1-2H3,(H2,31,33,34)/t13-,22+,26+/m0/s1. The molecular weight excluding hydrogens is 532 g/mol. The fourth-order valence-electron chi connectivity index (χ4n) is 5.17. The van der Waals surface area contributed by atoms with E-state index in [1.54, 1.807) is 22.5 Å². The van der Waals surface area contributed by atoms with E-state index in [0.717, 1.165) is 12.1 Å². The van der Waals surface area contributed by atoms with Gasteiger partial charge < -0.3 is 30.8 Å². The van der Waals surface area contributed by atoms with Crippen LogP contribution >= 0.6 is 0 Å². The number of halogens is 4. The van der Waals surface area contributed by atoms with Crippen molar-refractivity contribution in [3.63, 3.8) is 0 Å². The average Bonchev–Trinajstić information content (AvgIpc) is 3.38. The molecule has 212 valence electrons. The van der Waals surface area contributed by atoms with Crippen molar-refractivity contribution in [1.82, 2.24) is 24.5 Å². The number of aliphatic hydroxyl groups excluding tert-OH is 1. The first-order chi connectivity index (χ1) is 19.0. The van der Waals surface area contributed by atoms with E-state index >= 15 is 4.39 Å².